The summed E-state index contributed by atoms with van der Waals surface area (Å²) >= 11 is 3.01. The Morgan fingerprint density at radius 1 is 1.25 bits per heavy atom. The van der Waals surface area contributed by atoms with E-state index in [1.165, 1.54) is 24.3 Å². The van der Waals surface area contributed by atoms with Crippen LogP contribution in [0.1, 0.15) is 0 Å². The molecule has 0 fully saturated rings. The molecule has 0 amide bonds. The molecule has 1 aromatic rings. The minimum atomic E-state index is -5.12. The Kier molecular flexibility index (Phi) is 4.36. The highest BCUT2D eigenvalue weighted by atomic mass is 35.5. The van der Waals surface area contributed by atoms with E-state index in [9.17, 15) is 21.4 Å². The molecule has 0 saturated carbocycles. The third-order valence-corrected chi connectivity index (χ3v) is 3.98. The van der Waals surface area contributed by atoms with Gasteiger partial charge in [0.1, 0.15) is 0 Å². The predicted octanol–water partition coefficient (Wildman–Crippen LogP) is 1.93. The van der Waals surface area contributed by atoms with Crippen molar-refractivity contribution < 1.29 is 25.0 Å². The van der Waals surface area contributed by atoms with Crippen molar-refractivity contribution in [1.82, 2.24) is 0 Å². The van der Waals surface area contributed by atoms with Crippen LogP contribution in [0.3, 0.4) is 0 Å². The zero-order valence-corrected chi connectivity index (χ0v) is 9.86. The molecular weight excluding hydrogens is 286 g/mol. The van der Waals surface area contributed by atoms with Crippen molar-refractivity contribution in [3.63, 3.8) is 0 Å². The summed E-state index contributed by atoms with van der Waals surface area (Å²) in [7, 11) is -5.12. The Hall–Kier alpha value is -0.570. The van der Waals surface area contributed by atoms with Gasteiger partial charge in [-0.1, -0.05) is 11.6 Å². The number of alkyl halides is 2. The second-order valence-corrected chi connectivity index (χ2v) is 5.77. The normalized spacial score (nSPS) is 14.0. The number of hydrogen-bond donors (Lipinski definition) is 0. The van der Waals surface area contributed by atoms with Crippen molar-refractivity contribution in [1.29, 1.82) is 0 Å². The molecular formula is C7H5ClF2O4S2. The number of halogens is 3. The standard InChI is InChI=1S/C7H5ClF2O4S2/c8-5-1-3-6(4-2-5)15(11)14-16(12,13)7(9)10/h1-4,7H. The molecule has 0 bridgehead atoms. The van der Waals surface area contributed by atoms with Crippen LogP contribution in [0.5, 0.6) is 0 Å². The average Bonchev–Trinajstić information content (AvgIpc) is 2.17. The van der Waals surface area contributed by atoms with Crippen molar-refractivity contribution in [3.8, 4) is 0 Å². The highest BCUT2D eigenvalue weighted by molar-refractivity contribution is 7.97. The van der Waals surface area contributed by atoms with E-state index in [1.54, 1.807) is 0 Å². The first kappa shape index (κ1) is 13.5. The fourth-order valence-electron chi connectivity index (χ4n) is 0.701. The van der Waals surface area contributed by atoms with Crippen LogP contribution in [-0.4, -0.2) is 18.4 Å². The second-order valence-electron chi connectivity index (χ2n) is 2.51. The molecule has 0 radical (unpaired) electrons. The Morgan fingerprint density at radius 3 is 2.19 bits per heavy atom. The first-order valence-corrected chi connectivity index (χ1v) is 6.64. The molecule has 1 aromatic carbocycles. The van der Waals surface area contributed by atoms with Crippen LogP contribution < -0.4 is 0 Å². The summed E-state index contributed by atoms with van der Waals surface area (Å²) in [6, 6.07) is 5.07. The van der Waals surface area contributed by atoms with E-state index in [4.69, 9.17) is 11.6 Å². The molecule has 1 atom stereocenters. The molecule has 90 valence electrons. The summed E-state index contributed by atoms with van der Waals surface area (Å²) in [5.41, 5.74) is 0. The Labute approximate surface area is 98.0 Å². The Morgan fingerprint density at radius 2 is 1.75 bits per heavy atom. The fourth-order valence-corrected chi connectivity index (χ4v) is 2.43. The van der Waals surface area contributed by atoms with Gasteiger partial charge in [0.05, 0.1) is 4.90 Å². The largest absolute Gasteiger partial charge is 0.362 e. The highest BCUT2D eigenvalue weighted by Gasteiger charge is 2.28. The van der Waals surface area contributed by atoms with E-state index >= 15 is 0 Å². The van der Waals surface area contributed by atoms with Gasteiger partial charge in [-0.2, -0.15) is 20.8 Å². The number of rotatable bonds is 4. The molecule has 9 heteroatoms. The molecule has 0 spiro atoms. The van der Waals surface area contributed by atoms with E-state index in [0.29, 0.717) is 5.02 Å². The van der Waals surface area contributed by atoms with Gasteiger partial charge in [-0.25, -0.2) is 4.21 Å². The molecule has 16 heavy (non-hydrogen) atoms. The quantitative estimate of drug-likeness (QED) is 0.850. The van der Waals surface area contributed by atoms with Gasteiger partial charge in [-0.15, -0.1) is 0 Å². The smallest absolute Gasteiger partial charge is 0.223 e. The van der Waals surface area contributed by atoms with Crippen molar-refractivity contribution in [3.05, 3.63) is 29.3 Å². The molecule has 1 rings (SSSR count). The van der Waals surface area contributed by atoms with Crippen LogP contribution in [-0.2, 0) is 24.8 Å². The third-order valence-electron chi connectivity index (χ3n) is 1.38. The van der Waals surface area contributed by atoms with E-state index in [-0.39, 0.29) is 4.90 Å². The molecule has 0 aliphatic heterocycles. The molecule has 1 unspecified atom stereocenters. The lowest BCUT2D eigenvalue weighted by Gasteiger charge is -2.03. The van der Waals surface area contributed by atoms with Gasteiger partial charge in [0.15, 0.2) is 0 Å². The minimum Gasteiger partial charge on any atom is -0.223 e. The summed E-state index contributed by atoms with van der Waals surface area (Å²) in [5.74, 6) is -3.73. The maximum absolute atomic E-state index is 11.9. The number of benzene rings is 1. The Bertz CT molecular complexity index is 486. The highest BCUT2D eigenvalue weighted by Crippen LogP contribution is 2.17. The third kappa shape index (κ3) is 3.48. The maximum Gasteiger partial charge on any atom is 0.362 e. The summed E-state index contributed by atoms with van der Waals surface area (Å²) < 4.78 is 59.9. The van der Waals surface area contributed by atoms with Crippen LogP contribution in [0.15, 0.2) is 29.2 Å². The van der Waals surface area contributed by atoms with Gasteiger partial charge in [0.25, 0.3) is 0 Å². The first-order valence-electron chi connectivity index (χ1n) is 3.72. The molecule has 0 aliphatic carbocycles. The molecule has 0 saturated heterocycles. The van der Waals surface area contributed by atoms with Crippen LogP contribution >= 0.6 is 11.6 Å². The van der Waals surface area contributed by atoms with Crippen molar-refractivity contribution in [2.24, 2.45) is 0 Å². The van der Waals surface area contributed by atoms with E-state index < -0.39 is 27.0 Å². The monoisotopic (exact) mass is 290 g/mol. The minimum absolute atomic E-state index is 0.0753. The van der Waals surface area contributed by atoms with Crippen molar-refractivity contribution in [2.75, 3.05) is 0 Å². The van der Waals surface area contributed by atoms with E-state index in [1.807, 2.05) is 0 Å². The summed E-state index contributed by atoms with van der Waals surface area (Å²) in [4.78, 5) is -0.0753. The fraction of sp³-hybridized carbons (Fsp3) is 0.143. The van der Waals surface area contributed by atoms with Crippen LogP contribution in [0.2, 0.25) is 5.02 Å². The molecule has 4 nitrogen and oxygen atoms in total. The molecule has 0 aromatic heterocycles. The van der Waals surface area contributed by atoms with Gasteiger partial charge >= 0.3 is 15.9 Å². The van der Waals surface area contributed by atoms with Crippen LogP contribution in [0.4, 0.5) is 8.78 Å². The van der Waals surface area contributed by atoms with Crippen LogP contribution in [0.25, 0.3) is 0 Å². The molecule has 0 N–H and O–H groups in total. The maximum atomic E-state index is 11.9. The lowest BCUT2D eigenvalue weighted by Crippen LogP contribution is -2.16. The number of hydrogen-bond acceptors (Lipinski definition) is 4. The summed E-state index contributed by atoms with van der Waals surface area (Å²) in [5, 5.41) is 0.331. The van der Waals surface area contributed by atoms with Gasteiger partial charge in [0, 0.05) is 5.02 Å². The molecule has 0 aliphatic rings. The zero-order chi connectivity index (χ0) is 12.3. The Balaban J connectivity index is 2.85. The van der Waals surface area contributed by atoms with E-state index in [2.05, 4.69) is 3.63 Å². The van der Waals surface area contributed by atoms with Gasteiger partial charge < -0.3 is 0 Å². The van der Waals surface area contributed by atoms with Gasteiger partial charge in [-0.3, -0.25) is 0 Å². The average molecular weight is 291 g/mol. The second kappa shape index (κ2) is 5.17. The lowest BCUT2D eigenvalue weighted by atomic mass is 10.4. The van der Waals surface area contributed by atoms with Crippen molar-refractivity contribution in [2.45, 2.75) is 10.7 Å². The van der Waals surface area contributed by atoms with Crippen LogP contribution in [0, 0.1) is 0 Å². The summed E-state index contributed by atoms with van der Waals surface area (Å²) in [6.45, 7) is 0. The van der Waals surface area contributed by atoms with E-state index in [0.717, 1.165) is 0 Å². The van der Waals surface area contributed by atoms with Gasteiger partial charge in [0.2, 0.25) is 11.1 Å². The topological polar surface area (TPSA) is 60.4 Å². The predicted molar refractivity (Wildman–Crippen MR) is 53.9 cm³/mol. The zero-order valence-electron chi connectivity index (χ0n) is 7.47. The lowest BCUT2D eigenvalue weighted by molar-refractivity contribution is 0.221. The SMILES string of the molecule is O=S(OS(=O)(=O)C(F)F)c1ccc(Cl)cc1. The molecule has 0 heterocycles. The first-order chi connectivity index (χ1) is 7.33. The summed E-state index contributed by atoms with van der Waals surface area (Å²) in [6.07, 6.45) is 0. The van der Waals surface area contributed by atoms with Crippen molar-refractivity contribution >= 4 is 32.8 Å². The van der Waals surface area contributed by atoms with Gasteiger partial charge in [-0.05, 0) is 24.3 Å².